The number of alkyl halides is 7. The van der Waals surface area contributed by atoms with Gasteiger partial charge in [0.05, 0.1) is 17.7 Å². The largest absolute Gasteiger partial charge is 0.417 e. The van der Waals surface area contributed by atoms with E-state index in [-0.39, 0.29) is 0 Å². The second-order valence-corrected chi connectivity index (χ2v) is 12.5. The van der Waals surface area contributed by atoms with Crippen LogP contribution in [-0.2, 0) is 45.7 Å². The molecule has 0 saturated carbocycles. The third-order valence-electron chi connectivity index (χ3n) is 6.33. The number of ether oxygens (including phenoxy) is 1. The number of hydrogen-bond acceptors (Lipinski definition) is 9. The van der Waals surface area contributed by atoms with E-state index in [9.17, 15) is 52.8 Å². The van der Waals surface area contributed by atoms with Crippen LogP contribution >= 0.6 is 0 Å². The molecule has 1 N–H and O–H groups in total. The van der Waals surface area contributed by atoms with Crippen molar-refractivity contribution in [2.24, 2.45) is 0 Å². The second kappa shape index (κ2) is 11.4. The van der Waals surface area contributed by atoms with Crippen LogP contribution in [0.15, 0.2) is 80.2 Å². The van der Waals surface area contributed by atoms with Crippen LogP contribution in [0.2, 0.25) is 0 Å². The lowest BCUT2D eigenvalue weighted by molar-refractivity contribution is -0.140. The van der Waals surface area contributed by atoms with Gasteiger partial charge < -0.3 is 4.74 Å². The fraction of sp³-hybridized carbons (Fsp3) is 0.333. The van der Waals surface area contributed by atoms with E-state index in [2.05, 4.69) is 4.18 Å². The van der Waals surface area contributed by atoms with Gasteiger partial charge in [0.2, 0.25) is 0 Å². The SMILES string of the molecule is C[C@@]1(F)[C@H](OS(=O)(=O)c2ccccc2C(F)(F)F)[C@@H](COS(=O)(=O)c2ccccc2C(F)(F)F)O[C@H]1n1ccc(=O)[nH]c1=O. The number of nitrogens with zero attached hydrogens (tertiary/aromatic N) is 1. The summed E-state index contributed by atoms with van der Waals surface area (Å²) >= 11 is 0. The molecule has 20 heteroatoms. The van der Waals surface area contributed by atoms with Crippen LogP contribution in [0, 0.1) is 0 Å². The van der Waals surface area contributed by atoms with Crippen molar-refractivity contribution in [2.45, 2.75) is 53.2 Å². The molecular weight excluding hydrogens is 657 g/mol. The van der Waals surface area contributed by atoms with Gasteiger partial charge in [0.15, 0.2) is 11.9 Å². The predicted octanol–water partition coefficient (Wildman–Crippen LogP) is 3.38. The van der Waals surface area contributed by atoms with Gasteiger partial charge in [-0.3, -0.25) is 22.7 Å². The molecule has 4 atom stereocenters. The van der Waals surface area contributed by atoms with Crippen molar-refractivity contribution in [3.8, 4) is 0 Å². The van der Waals surface area contributed by atoms with Crippen LogP contribution in [0.4, 0.5) is 30.7 Å². The van der Waals surface area contributed by atoms with Crippen molar-refractivity contribution in [1.29, 1.82) is 0 Å². The van der Waals surface area contributed by atoms with Crippen LogP contribution in [-0.4, -0.2) is 50.9 Å². The molecule has 1 fully saturated rings. The Morgan fingerprint density at radius 2 is 1.36 bits per heavy atom. The molecule has 1 aliphatic rings. The summed E-state index contributed by atoms with van der Waals surface area (Å²) in [6, 6.07) is 6.18. The predicted molar refractivity (Wildman–Crippen MR) is 133 cm³/mol. The summed E-state index contributed by atoms with van der Waals surface area (Å²) in [4.78, 5) is 22.8. The van der Waals surface area contributed by atoms with Gasteiger partial charge in [-0.25, -0.2) is 9.18 Å². The summed E-state index contributed by atoms with van der Waals surface area (Å²) in [5, 5.41) is 0. The normalized spacial score (nSPS) is 23.1. The number of H-pyrrole nitrogens is 1. The monoisotopic (exact) mass is 676 g/mol. The first-order chi connectivity index (χ1) is 20.2. The Morgan fingerprint density at radius 3 is 1.86 bits per heavy atom. The van der Waals surface area contributed by atoms with Gasteiger partial charge in [-0.05, 0) is 31.2 Å². The van der Waals surface area contributed by atoms with E-state index in [0.29, 0.717) is 42.0 Å². The minimum Gasteiger partial charge on any atom is -0.346 e. The van der Waals surface area contributed by atoms with E-state index in [1.807, 2.05) is 0 Å². The number of halogens is 7. The Kier molecular flexibility index (Phi) is 8.63. The van der Waals surface area contributed by atoms with Crippen LogP contribution in [0.25, 0.3) is 0 Å². The van der Waals surface area contributed by atoms with E-state index >= 15 is 4.39 Å². The van der Waals surface area contributed by atoms with E-state index in [0.717, 1.165) is 30.3 Å². The highest BCUT2D eigenvalue weighted by Gasteiger charge is 2.59. The Bertz CT molecular complexity index is 1890. The molecule has 2 heterocycles. The molecule has 1 aromatic heterocycles. The summed E-state index contributed by atoms with van der Waals surface area (Å²) in [5.74, 6) is 0. The Labute approximate surface area is 243 Å². The van der Waals surface area contributed by atoms with Crippen molar-refractivity contribution in [3.05, 3.63) is 92.8 Å². The number of aromatic amines is 1. The van der Waals surface area contributed by atoms with E-state index < -0.39 is 95.5 Å². The standard InChI is InChI=1S/C24H19F7N2O9S2/c1-22(25)19(42-44(38,39)17-9-5-3-7-14(17)24(29,30)31)15(41-20(22)33-11-10-18(34)32-21(33)35)12-40-43(36,37)16-8-4-2-6-13(16)23(26,27)28/h2-11,15,19-20H,12H2,1H3,(H,32,34,35)/t15-,19-,20-,22-/m1/s1. The fourth-order valence-corrected chi connectivity index (χ4v) is 6.88. The zero-order valence-corrected chi connectivity index (χ0v) is 23.4. The van der Waals surface area contributed by atoms with E-state index in [1.165, 1.54) is 0 Å². The molecule has 0 amide bonds. The lowest BCUT2D eigenvalue weighted by Gasteiger charge is -2.27. The first kappa shape index (κ1) is 33.3. The molecule has 0 spiro atoms. The first-order valence-electron chi connectivity index (χ1n) is 12.0. The first-order valence-corrected chi connectivity index (χ1v) is 14.8. The summed E-state index contributed by atoms with van der Waals surface area (Å²) < 4.78 is 164. The number of rotatable bonds is 8. The number of nitrogens with one attached hydrogen (secondary N) is 1. The molecule has 2 aromatic carbocycles. The molecule has 1 saturated heterocycles. The van der Waals surface area contributed by atoms with Crippen molar-refractivity contribution in [3.63, 3.8) is 0 Å². The second-order valence-electron chi connectivity index (χ2n) is 9.39. The average molecular weight is 677 g/mol. The maximum Gasteiger partial charge on any atom is 0.417 e. The van der Waals surface area contributed by atoms with Gasteiger partial charge in [-0.2, -0.15) is 43.2 Å². The third kappa shape index (κ3) is 6.58. The zero-order chi connectivity index (χ0) is 32.9. The summed E-state index contributed by atoms with van der Waals surface area (Å²) in [7, 11) is -10.9. The molecule has 0 aliphatic carbocycles. The Balaban J connectivity index is 1.76. The Hall–Kier alpha value is -3.59. The Morgan fingerprint density at radius 1 is 0.864 bits per heavy atom. The lowest BCUT2D eigenvalue weighted by atomic mass is 9.98. The molecule has 0 unspecified atom stereocenters. The van der Waals surface area contributed by atoms with Crippen LogP contribution in [0.3, 0.4) is 0 Å². The molecule has 240 valence electrons. The summed E-state index contributed by atoms with van der Waals surface area (Å²) in [6.07, 6.45) is -16.7. The maximum atomic E-state index is 16.4. The zero-order valence-electron chi connectivity index (χ0n) is 21.8. The highest BCUT2D eigenvalue weighted by Crippen LogP contribution is 2.45. The minimum atomic E-state index is -5.55. The summed E-state index contributed by atoms with van der Waals surface area (Å²) in [5.41, 5.74) is -8.79. The van der Waals surface area contributed by atoms with Crippen molar-refractivity contribution in [2.75, 3.05) is 6.61 Å². The molecule has 0 radical (unpaired) electrons. The van der Waals surface area contributed by atoms with Gasteiger partial charge in [0, 0.05) is 12.3 Å². The van der Waals surface area contributed by atoms with Gasteiger partial charge >= 0.3 is 18.0 Å². The molecule has 4 rings (SSSR count). The van der Waals surface area contributed by atoms with Crippen molar-refractivity contribution < 1.29 is 60.7 Å². The maximum absolute atomic E-state index is 16.4. The van der Waals surface area contributed by atoms with Crippen molar-refractivity contribution in [1.82, 2.24) is 9.55 Å². The van der Waals surface area contributed by atoms with Gasteiger partial charge in [0.25, 0.3) is 25.8 Å². The smallest absolute Gasteiger partial charge is 0.346 e. The van der Waals surface area contributed by atoms with Crippen LogP contribution in [0.5, 0.6) is 0 Å². The van der Waals surface area contributed by atoms with Crippen molar-refractivity contribution >= 4 is 20.2 Å². The van der Waals surface area contributed by atoms with E-state index in [4.69, 9.17) is 8.92 Å². The number of benzene rings is 2. The topological polar surface area (TPSA) is 151 Å². The molecule has 1 aliphatic heterocycles. The lowest BCUT2D eigenvalue weighted by Crippen LogP contribution is -2.46. The number of aromatic nitrogens is 2. The number of hydrogen-bond donors (Lipinski definition) is 1. The minimum absolute atomic E-state index is 0.393. The molecular formula is C24H19F7N2O9S2. The molecule has 44 heavy (non-hydrogen) atoms. The van der Waals surface area contributed by atoms with Crippen LogP contribution in [0.1, 0.15) is 24.3 Å². The van der Waals surface area contributed by atoms with Gasteiger partial charge in [0.1, 0.15) is 22.0 Å². The highest BCUT2D eigenvalue weighted by molar-refractivity contribution is 7.87. The van der Waals surface area contributed by atoms with Gasteiger partial charge in [-0.1, -0.05) is 24.3 Å². The highest BCUT2D eigenvalue weighted by atomic mass is 32.2. The average Bonchev–Trinajstić information content (AvgIpc) is 3.15. The van der Waals surface area contributed by atoms with Crippen LogP contribution < -0.4 is 11.2 Å². The fourth-order valence-electron chi connectivity index (χ4n) is 4.35. The quantitative estimate of drug-likeness (QED) is 0.280. The molecule has 11 nitrogen and oxygen atoms in total. The van der Waals surface area contributed by atoms with E-state index in [1.54, 1.807) is 4.98 Å². The third-order valence-corrected chi connectivity index (χ3v) is 9.02. The molecule has 3 aromatic rings. The summed E-state index contributed by atoms with van der Waals surface area (Å²) in [6.45, 7) is -0.845. The molecule has 0 bridgehead atoms. The van der Waals surface area contributed by atoms with Gasteiger partial charge in [-0.15, -0.1) is 0 Å².